The van der Waals surface area contributed by atoms with Crippen LogP contribution in [0, 0.1) is 0 Å². The number of nitrogens with zero attached hydrogens (tertiary/aromatic N) is 1. The first-order valence-corrected chi connectivity index (χ1v) is 10.9. The van der Waals surface area contributed by atoms with Gasteiger partial charge in [0.1, 0.15) is 13.2 Å². The molecule has 0 saturated carbocycles. The second kappa shape index (κ2) is 8.52. The van der Waals surface area contributed by atoms with Gasteiger partial charge in [0.25, 0.3) is 5.91 Å². The zero-order chi connectivity index (χ0) is 20.1. The van der Waals surface area contributed by atoms with Gasteiger partial charge in [0.05, 0.1) is 17.0 Å². The van der Waals surface area contributed by atoms with E-state index >= 15 is 0 Å². The molecule has 2 aromatic carbocycles. The number of ether oxygens (including phenoxy) is 2. The molecule has 0 unspecified atom stereocenters. The number of hydrogen-bond acceptors (Lipinski definition) is 5. The fourth-order valence-corrected chi connectivity index (χ4v) is 3.62. The van der Waals surface area contributed by atoms with E-state index < -0.39 is 10.0 Å². The number of carbonyl (C=O) groups excluding carboxylic acids is 1. The van der Waals surface area contributed by atoms with Crippen LogP contribution < -0.4 is 14.2 Å². The molecule has 0 aliphatic carbocycles. The van der Waals surface area contributed by atoms with Crippen LogP contribution in [0.5, 0.6) is 11.5 Å². The third-order valence-electron chi connectivity index (χ3n) is 4.48. The van der Waals surface area contributed by atoms with E-state index in [2.05, 4.69) is 4.72 Å². The van der Waals surface area contributed by atoms with Crippen LogP contribution in [0.3, 0.4) is 0 Å². The van der Waals surface area contributed by atoms with Crippen LogP contribution in [-0.2, 0) is 16.6 Å². The highest BCUT2D eigenvalue weighted by atomic mass is 32.2. The fourth-order valence-electron chi connectivity index (χ4n) is 2.96. The van der Waals surface area contributed by atoms with Crippen molar-refractivity contribution in [3.8, 4) is 11.5 Å². The Hall–Kier alpha value is -2.74. The molecule has 0 spiro atoms. The average Bonchev–Trinajstić information content (AvgIpc) is 2.71. The second-order valence-corrected chi connectivity index (χ2v) is 8.32. The molecule has 0 bridgehead atoms. The number of amides is 1. The van der Waals surface area contributed by atoms with Gasteiger partial charge in [0, 0.05) is 18.7 Å². The third kappa shape index (κ3) is 4.39. The molecule has 1 amide bonds. The molecule has 0 aromatic heterocycles. The van der Waals surface area contributed by atoms with E-state index in [4.69, 9.17) is 9.47 Å². The Morgan fingerprint density at radius 1 is 1.07 bits per heavy atom. The van der Waals surface area contributed by atoms with Gasteiger partial charge in [-0.15, -0.1) is 0 Å². The van der Waals surface area contributed by atoms with Gasteiger partial charge in [0.2, 0.25) is 10.0 Å². The van der Waals surface area contributed by atoms with Crippen LogP contribution in [-0.4, -0.2) is 44.7 Å². The summed E-state index contributed by atoms with van der Waals surface area (Å²) in [5, 5.41) is 0. The summed E-state index contributed by atoms with van der Waals surface area (Å²) in [5.74, 6) is 0.995. The standard InChI is InChI=1S/C20H24N2O5S/c1-3-22(14-15-8-7-11-18-19(15)27-13-12-26-18)20(23)16-9-5-6-10-17(16)21-28(24,25)4-2/h5-11,21H,3-4,12-14H2,1-2H3. The van der Waals surface area contributed by atoms with Crippen molar-refractivity contribution in [1.29, 1.82) is 0 Å². The highest BCUT2D eigenvalue weighted by molar-refractivity contribution is 7.92. The zero-order valence-corrected chi connectivity index (χ0v) is 16.8. The van der Waals surface area contributed by atoms with Crippen molar-refractivity contribution in [3.05, 3.63) is 53.6 Å². The Kier molecular flexibility index (Phi) is 6.08. The van der Waals surface area contributed by atoms with Gasteiger partial charge in [-0.3, -0.25) is 9.52 Å². The molecule has 3 rings (SSSR count). The number of anilines is 1. The van der Waals surface area contributed by atoms with E-state index in [0.717, 1.165) is 5.56 Å². The molecule has 150 valence electrons. The number of para-hydroxylation sites is 2. The number of sulfonamides is 1. The van der Waals surface area contributed by atoms with Crippen LogP contribution in [0.4, 0.5) is 5.69 Å². The maximum Gasteiger partial charge on any atom is 0.256 e. The summed E-state index contributed by atoms with van der Waals surface area (Å²) in [7, 11) is -3.49. The fraction of sp³-hybridized carbons (Fsp3) is 0.350. The number of hydrogen-bond donors (Lipinski definition) is 1. The van der Waals surface area contributed by atoms with Gasteiger partial charge >= 0.3 is 0 Å². The highest BCUT2D eigenvalue weighted by Gasteiger charge is 2.23. The third-order valence-corrected chi connectivity index (χ3v) is 5.77. The number of benzene rings is 2. The minimum atomic E-state index is -3.49. The predicted molar refractivity (Wildman–Crippen MR) is 107 cm³/mol. The smallest absolute Gasteiger partial charge is 0.256 e. The van der Waals surface area contributed by atoms with Crippen LogP contribution in [0.25, 0.3) is 0 Å². The molecule has 0 radical (unpaired) electrons. The van der Waals surface area contributed by atoms with Crippen LogP contribution in [0.15, 0.2) is 42.5 Å². The molecule has 28 heavy (non-hydrogen) atoms. The van der Waals surface area contributed by atoms with E-state index in [1.165, 1.54) is 0 Å². The Morgan fingerprint density at radius 2 is 1.82 bits per heavy atom. The lowest BCUT2D eigenvalue weighted by Crippen LogP contribution is -2.32. The van der Waals surface area contributed by atoms with E-state index in [0.29, 0.717) is 43.4 Å². The molecule has 8 heteroatoms. The van der Waals surface area contributed by atoms with Crippen LogP contribution >= 0.6 is 0 Å². The van der Waals surface area contributed by atoms with E-state index in [1.807, 2.05) is 25.1 Å². The van der Waals surface area contributed by atoms with E-state index in [-0.39, 0.29) is 17.3 Å². The molecule has 0 fully saturated rings. The van der Waals surface area contributed by atoms with Crippen LogP contribution in [0.1, 0.15) is 29.8 Å². The molecule has 0 atom stereocenters. The first kappa shape index (κ1) is 20.0. The Balaban J connectivity index is 1.88. The van der Waals surface area contributed by atoms with Gasteiger partial charge < -0.3 is 14.4 Å². The lowest BCUT2D eigenvalue weighted by Gasteiger charge is -2.26. The molecule has 0 saturated heterocycles. The van der Waals surface area contributed by atoms with Crippen molar-refractivity contribution in [2.24, 2.45) is 0 Å². The van der Waals surface area contributed by atoms with Crippen molar-refractivity contribution >= 4 is 21.6 Å². The van der Waals surface area contributed by atoms with E-state index in [9.17, 15) is 13.2 Å². The molecule has 7 nitrogen and oxygen atoms in total. The summed E-state index contributed by atoms with van der Waals surface area (Å²) in [4.78, 5) is 14.8. The minimum absolute atomic E-state index is 0.0689. The highest BCUT2D eigenvalue weighted by Crippen LogP contribution is 2.34. The first-order chi connectivity index (χ1) is 13.4. The lowest BCUT2D eigenvalue weighted by molar-refractivity contribution is 0.0750. The molecule has 1 heterocycles. The molecular weight excluding hydrogens is 380 g/mol. The summed E-state index contributed by atoms with van der Waals surface area (Å²) in [6.45, 7) is 5.17. The molecule has 1 aliphatic heterocycles. The van der Waals surface area contributed by atoms with Gasteiger partial charge in [-0.1, -0.05) is 24.3 Å². The summed E-state index contributed by atoms with van der Waals surface area (Å²) in [5.41, 5.74) is 1.44. The largest absolute Gasteiger partial charge is 0.486 e. The number of carbonyl (C=O) groups is 1. The normalized spacial score (nSPS) is 13.1. The van der Waals surface area contributed by atoms with Gasteiger partial charge in [0.15, 0.2) is 11.5 Å². The van der Waals surface area contributed by atoms with Gasteiger partial charge in [-0.2, -0.15) is 0 Å². The maximum absolute atomic E-state index is 13.2. The SMILES string of the molecule is CCN(Cc1cccc2c1OCCO2)C(=O)c1ccccc1NS(=O)(=O)CC. The summed E-state index contributed by atoms with van der Waals surface area (Å²) in [6.07, 6.45) is 0. The lowest BCUT2D eigenvalue weighted by atomic mass is 10.1. The Morgan fingerprint density at radius 3 is 2.57 bits per heavy atom. The predicted octanol–water partition coefficient (Wildman–Crippen LogP) is 2.88. The zero-order valence-electron chi connectivity index (χ0n) is 16.0. The molecular formula is C20H24N2O5S. The van der Waals surface area contributed by atoms with Crippen molar-refractivity contribution in [3.63, 3.8) is 0 Å². The number of rotatable bonds is 7. The van der Waals surface area contributed by atoms with Gasteiger partial charge in [-0.05, 0) is 32.0 Å². The second-order valence-electron chi connectivity index (χ2n) is 6.31. The molecule has 1 N–H and O–H groups in total. The minimum Gasteiger partial charge on any atom is -0.486 e. The van der Waals surface area contributed by atoms with Crippen LogP contribution in [0.2, 0.25) is 0 Å². The topological polar surface area (TPSA) is 84.9 Å². The van der Waals surface area contributed by atoms with Gasteiger partial charge in [-0.25, -0.2) is 8.42 Å². The maximum atomic E-state index is 13.2. The summed E-state index contributed by atoms with van der Waals surface area (Å²) in [6, 6.07) is 12.2. The van der Waals surface area contributed by atoms with Crippen molar-refractivity contribution < 1.29 is 22.7 Å². The van der Waals surface area contributed by atoms with Crippen molar-refractivity contribution in [2.75, 3.05) is 30.2 Å². The Labute approximate surface area is 165 Å². The van der Waals surface area contributed by atoms with Crippen molar-refractivity contribution in [2.45, 2.75) is 20.4 Å². The quantitative estimate of drug-likeness (QED) is 0.767. The first-order valence-electron chi connectivity index (χ1n) is 9.21. The summed E-state index contributed by atoms with van der Waals surface area (Å²) < 4.78 is 37.8. The monoisotopic (exact) mass is 404 g/mol. The number of fused-ring (bicyclic) bond motifs is 1. The molecule has 1 aliphatic rings. The summed E-state index contributed by atoms with van der Waals surface area (Å²) >= 11 is 0. The number of nitrogens with one attached hydrogen (secondary N) is 1. The Bertz CT molecular complexity index is 959. The van der Waals surface area contributed by atoms with E-state index in [1.54, 1.807) is 36.1 Å². The average molecular weight is 404 g/mol. The van der Waals surface area contributed by atoms with Crippen molar-refractivity contribution in [1.82, 2.24) is 4.90 Å². The molecule has 2 aromatic rings.